The Morgan fingerprint density at radius 2 is 1.93 bits per heavy atom. The molecule has 7 nitrogen and oxygen atoms in total. The second-order valence-corrected chi connectivity index (χ2v) is 5.73. The number of aromatic hydroxyl groups is 1. The fourth-order valence-corrected chi connectivity index (χ4v) is 2.56. The monoisotopic (exact) mass is 390 g/mol. The Bertz CT molecular complexity index is 1170. The highest BCUT2D eigenvalue weighted by Crippen LogP contribution is 2.30. The molecule has 0 atom stereocenters. The largest absolute Gasteiger partial charge is 0.493 e. The summed E-state index contributed by atoms with van der Waals surface area (Å²) in [5.74, 6) is -0.583. The summed E-state index contributed by atoms with van der Waals surface area (Å²) in [6, 6.07) is 8.67. The normalized spacial score (nSPS) is 12.2. The minimum absolute atomic E-state index is 0.0261. The molecule has 0 unspecified atom stereocenters. The van der Waals surface area contributed by atoms with E-state index in [9.17, 15) is 27.9 Å². The number of aliphatic imine (C=N–C) groups is 1. The summed E-state index contributed by atoms with van der Waals surface area (Å²) in [5, 5.41) is 10.5. The second-order valence-electron chi connectivity index (χ2n) is 5.73. The summed E-state index contributed by atoms with van der Waals surface area (Å²) in [4.78, 5) is 34.4. The molecule has 0 saturated carbocycles. The number of aromatic nitrogens is 3. The molecule has 0 bridgehead atoms. The van der Waals surface area contributed by atoms with E-state index in [1.807, 2.05) is 4.98 Å². The predicted molar refractivity (Wildman–Crippen MR) is 95.4 cm³/mol. The van der Waals surface area contributed by atoms with Crippen molar-refractivity contribution < 1.29 is 18.3 Å². The highest BCUT2D eigenvalue weighted by Gasteiger charge is 2.31. The van der Waals surface area contributed by atoms with Crippen LogP contribution >= 0.6 is 0 Å². The van der Waals surface area contributed by atoms with Crippen molar-refractivity contribution in [2.24, 2.45) is 4.99 Å². The van der Waals surface area contributed by atoms with E-state index in [4.69, 9.17) is 0 Å². The lowest BCUT2D eigenvalue weighted by Gasteiger charge is -2.13. The van der Waals surface area contributed by atoms with Gasteiger partial charge in [0.25, 0.3) is 5.56 Å². The Kier molecular flexibility index (Phi) is 4.87. The number of halogens is 3. The van der Waals surface area contributed by atoms with Crippen LogP contribution in [-0.2, 0) is 6.18 Å². The Balaban J connectivity index is 2.21. The van der Waals surface area contributed by atoms with Crippen LogP contribution in [0.5, 0.6) is 5.88 Å². The first-order chi connectivity index (χ1) is 13.2. The number of nitrogens with zero attached hydrogens (tertiary/aromatic N) is 3. The van der Waals surface area contributed by atoms with Gasteiger partial charge in [-0.25, -0.2) is 19.3 Å². The maximum atomic E-state index is 13.0. The van der Waals surface area contributed by atoms with Gasteiger partial charge in [0, 0.05) is 6.20 Å². The molecule has 0 fully saturated rings. The quantitative estimate of drug-likeness (QED) is 0.672. The Labute approximate surface area is 155 Å². The van der Waals surface area contributed by atoms with Gasteiger partial charge in [0.1, 0.15) is 5.56 Å². The summed E-state index contributed by atoms with van der Waals surface area (Å²) in [5.41, 5.74) is -3.62. The Hall–Kier alpha value is -3.69. The highest BCUT2D eigenvalue weighted by molar-refractivity contribution is 6.01. The van der Waals surface area contributed by atoms with Crippen molar-refractivity contribution in [1.82, 2.24) is 14.5 Å². The number of pyridine rings is 1. The lowest BCUT2D eigenvalue weighted by Crippen LogP contribution is -2.32. The highest BCUT2D eigenvalue weighted by atomic mass is 19.4. The molecule has 0 aliphatic carbocycles. The molecule has 2 N–H and O–H groups in total. The van der Waals surface area contributed by atoms with Gasteiger partial charge in [-0.3, -0.25) is 9.78 Å². The van der Waals surface area contributed by atoms with Crippen LogP contribution < -0.4 is 11.2 Å². The van der Waals surface area contributed by atoms with Crippen LogP contribution in [0.15, 0.2) is 63.2 Å². The van der Waals surface area contributed by atoms with E-state index >= 15 is 0 Å². The molecule has 0 spiro atoms. The van der Waals surface area contributed by atoms with E-state index in [2.05, 4.69) is 9.98 Å². The molecule has 0 saturated heterocycles. The molecule has 0 aliphatic heterocycles. The van der Waals surface area contributed by atoms with E-state index in [-0.39, 0.29) is 22.8 Å². The van der Waals surface area contributed by atoms with E-state index < -0.39 is 28.9 Å². The molecule has 144 valence electrons. The number of nitrogens with one attached hydrogen (secondary N) is 1. The zero-order valence-electron chi connectivity index (χ0n) is 14.4. The van der Waals surface area contributed by atoms with E-state index in [0.717, 1.165) is 12.1 Å². The van der Waals surface area contributed by atoms with Crippen LogP contribution in [0.2, 0.25) is 0 Å². The first-order valence-electron chi connectivity index (χ1n) is 7.91. The number of hydrogen-bond acceptors (Lipinski definition) is 5. The zero-order valence-corrected chi connectivity index (χ0v) is 14.4. The number of H-pyrrole nitrogens is 1. The molecule has 3 rings (SSSR count). The van der Waals surface area contributed by atoms with Crippen molar-refractivity contribution in [3.05, 3.63) is 80.6 Å². The molecule has 0 aliphatic rings. The summed E-state index contributed by atoms with van der Waals surface area (Å²) in [7, 11) is 0. The third-order valence-electron chi connectivity index (χ3n) is 3.81. The van der Waals surface area contributed by atoms with Crippen LogP contribution in [0, 0.1) is 0 Å². The minimum Gasteiger partial charge on any atom is -0.493 e. The average Bonchev–Trinajstić information content (AvgIpc) is 2.61. The standard InChI is InChI=1S/C18H13F3N4O3/c1-10(23-13-7-2-3-8-22-13)14-15(26)24-17(28)25(16(14)27)12-6-4-5-11(9-12)18(19,20)21/h2-9,27H,1H3,(H,24,26,28)/b23-10+. The van der Waals surface area contributed by atoms with Crippen molar-refractivity contribution >= 4 is 11.5 Å². The van der Waals surface area contributed by atoms with Crippen molar-refractivity contribution in [3.63, 3.8) is 0 Å². The van der Waals surface area contributed by atoms with Gasteiger partial charge in [0.2, 0.25) is 5.88 Å². The van der Waals surface area contributed by atoms with Crippen molar-refractivity contribution in [1.29, 1.82) is 0 Å². The van der Waals surface area contributed by atoms with Gasteiger partial charge in [-0.1, -0.05) is 12.1 Å². The third kappa shape index (κ3) is 3.70. The summed E-state index contributed by atoms with van der Waals surface area (Å²) in [6.45, 7) is 1.40. The Morgan fingerprint density at radius 1 is 1.18 bits per heavy atom. The molecular weight excluding hydrogens is 377 g/mol. The van der Waals surface area contributed by atoms with Gasteiger partial charge in [-0.05, 0) is 37.3 Å². The summed E-state index contributed by atoms with van der Waals surface area (Å²) < 4.78 is 39.5. The molecule has 3 aromatic rings. The van der Waals surface area contributed by atoms with Gasteiger partial charge in [0.05, 0.1) is 17.0 Å². The number of aromatic amines is 1. The summed E-state index contributed by atoms with van der Waals surface area (Å²) >= 11 is 0. The van der Waals surface area contributed by atoms with Gasteiger partial charge in [-0.2, -0.15) is 13.2 Å². The van der Waals surface area contributed by atoms with Crippen LogP contribution in [0.3, 0.4) is 0 Å². The first kappa shape index (κ1) is 19.1. The molecule has 2 heterocycles. The number of hydrogen-bond donors (Lipinski definition) is 2. The van der Waals surface area contributed by atoms with Crippen molar-refractivity contribution in [3.8, 4) is 11.6 Å². The molecule has 28 heavy (non-hydrogen) atoms. The van der Waals surface area contributed by atoms with Gasteiger partial charge < -0.3 is 5.11 Å². The van der Waals surface area contributed by atoms with Gasteiger partial charge >= 0.3 is 11.9 Å². The van der Waals surface area contributed by atoms with E-state index in [0.29, 0.717) is 10.6 Å². The molecule has 10 heteroatoms. The fourth-order valence-electron chi connectivity index (χ4n) is 2.56. The SMILES string of the molecule is C/C(=N\c1ccccn1)c1c(O)n(-c2cccc(C(F)(F)F)c2)c(=O)[nH]c1=O. The smallest absolute Gasteiger partial charge is 0.416 e. The minimum atomic E-state index is -4.64. The fraction of sp³-hybridized carbons (Fsp3) is 0.111. The molecule has 2 aromatic heterocycles. The first-order valence-corrected chi connectivity index (χ1v) is 7.91. The maximum Gasteiger partial charge on any atom is 0.416 e. The van der Waals surface area contributed by atoms with Crippen molar-refractivity contribution in [2.75, 3.05) is 0 Å². The van der Waals surface area contributed by atoms with Crippen LogP contribution in [0.4, 0.5) is 19.0 Å². The summed E-state index contributed by atoms with van der Waals surface area (Å²) in [6.07, 6.45) is -3.17. The van der Waals surface area contributed by atoms with E-state index in [1.165, 1.54) is 19.2 Å². The van der Waals surface area contributed by atoms with E-state index in [1.54, 1.807) is 18.2 Å². The lowest BCUT2D eigenvalue weighted by atomic mass is 10.1. The predicted octanol–water partition coefficient (Wildman–Crippen LogP) is 2.79. The topological polar surface area (TPSA) is 100 Å². The molecule has 0 radical (unpaired) electrons. The lowest BCUT2D eigenvalue weighted by molar-refractivity contribution is -0.137. The number of rotatable bonds is 3. The molecule has 1 aromatic carbocycles. The number of alkyl halides is 3. The average molecular weight is 390 g/mol. The number of benzene rings is 1. The third-order valence-corrected chi connectivity index (χ3v) is 3.81. The van der Waals surface area contributed by atoms with Crippen molar-refractivity contribution in [2.45, 2.75) is 13.1 Å². The second kappa shape index (κ2) is 7.14. The molecule has 0 amide bonds. The maximum absolute atomic E-state index is 13.0. The van der Waals surface area contributed by atoms with Gasteiger partial charge in [0.15, 0.2) is 5.82 Å². The van der Waals surface area contributed by atoms with Crippen LogP contribution in [-0.4, -0.2) is 25.4 Å². The van der Waals surface area contributed by atoms with Crippen LogP contribution in [0.25, 0.3) is 5.69 Å². The Morgan fingerprint density at radius 3 is 2.57 bits per heavy atom. The van der Waals surface area contributed by atoms with Crippen LogP contribution in [0.1, 0.15) is 18.1 Å². The van der Waals surface area contributed by atoms with Gasteiger partial charge in [-0.15, -0.1) is 0 Å². The zero-order chi connectivity index (χ0) is 20.5. The molecular formula is C18H13F3N4O3.